The van der Waals surface area contributed by atoms with Crippen molar-refractivity contribution in [2.75, 3.05) is 11.9 Å². The molecule has 2 atom stereocenters. The van der Waals surface area contributed by atoms with E-state index < -0.39 is 23.8 Å². The molecule has 7 nitrogen and oxygen atoms in total. The molecular formula is C35H43N3O4. The predicted molar refractivity (Wildman–Crippen MR) is 169 cm³/mol. The van der Waals surface area contributed by atoms with Crippen LogP contribution in [0.1, 0.15) is 68.0 Å². The van der Waals surface area contributed by atoms with E-state index >= 15 is 0 Å². The highest BCUT2D eigenvalue weighted by molar-refractivity contribution is 6.00. The fourth-order valence-corrected chi connectivity index (χ4v) is 4.84. The fourth-order valence-electron chi connectivity index (χ4n) is 4.84. The highest BCUT2D eigenvalue weighted by Crippen LogP contribution is 2.28. The molecule has 3 aromatic carbocycles. The van der Waals surface area contributed by atoms with Crippen LogP contribution in [0.3, 0.4) is 0 Å². The lowest BCUT2D eigenvalue weighted by Crippen LogP contribution is -2.53. The summed E-state index contributed by atoms with van der Waals surface area (Å²) in [7, 11) is 0. The summed E-state index contributed by atoms with van der Waals surface area (Å²) in [6.07, 6.45) is 1.85. The van der Waals surface area contributed by atoms with Gasteiger partial charge in [-0.15, -0.1) is 0 Å². The topological polar surface area (TPSA) is 87.7 Å². The van der Waals surface area contributed by atoms with Gasteiger partial charge in [-0.1, -0.05) is 86.3 Å². The Morgan fingerprint density at radius 3 is 2.19 bits per heavy atom. The van der Waals surface area contributed by atoms with Gasteiger partial charge in [0.05, 0.1) is 0 Å². The van der Waals surface area contributed by atoms with Gasteiger partial charge < -0.3 is 20.3 Å². The van der Waals surface area contributed by atoms with Gasteiger partial charge in [-0.25, -0.2) is 4.79 Å². The molecule has 0 saturated carbocycles. The number of aryl methyl sites for hydroxylation is 2. The molecule has 2 N–H and O–H groups in total. The maximum Gasteiger partial charge on any atom is 0.408 e. The number of para-hydroxylation sites is 1. The normalized spacial score (nSPS) is 12.5. The number of carbonyl (C=O) groups is 3. The Labute approximate surface area is 250 Å². The van der Waals surface area contributed by atoms with Crippen molar-refractivity contribution < 1.29 is 19.1 Å². The molecule has 0 aromatic heterocycles. The summed E-state index contributed by atoms with van der Waals surface area (Å²) in [4.78, 5) is 43.1. The first-order valence-electron chi connectivity index (χ1n) is 14.4. The molecule has 0 spiro atoms. The number of amides is 3. The molecule has 0 bridgehead atoms. The van der Waals surface area contributed by atoms with Crippen LogP contribution in [0.25, 0.3) is 6.08 Å². The molecule has 222 valence electrons. The number of hydrogen-bond acceptors (Lipinski definition) is 4. The first kappa shape index (κ1) is 32.1. The van der Waals surface area contributed by atoms with E-state index in [-0.39, 0.29) is 18.2 Å². The number of carbonyl (C=O) groups excluding carboxylic acids is 3. The molecule has 0 fully saturated rings. The van der Waals surface area contributed by atoms with Gasteiger partial charge >= 0.3 is 6.09 Å². The third-order valence-corrected chi connectivity index (χ3v) is 6.77. The van der Waals surface area contributed by atoms with E-state index in [1.54, 1.807) is 31.7 Å². The van der Waals surface area contributed by atoms with E-state index in [9.17, 15) is 14.4 Å². The third-order valence-electron chi connectivity index (χ3n) is 6.77. The number of rotatable bonds is 11. The number of alkyl carbamates (subject to hydrolysis) is 1. The van der Waals surface area contributed by atoms with Crippen LogP contribution in [0.4, 0.5) is 10.5 Å². The quantitative estimate of drug-likeness (QED) is 0.260. The Morgan fingerprint density at radius 2 is 1.60 bits per heavy atom. The van der Waals surface area contributed by atoms with Crippen molar-refractivity contribution in [2.45, 2.75) is 72.1 Å². The van der Waals surface area contributed by atoms with Crippen molar-refractivity contribution in [2.24, 2.45) is 0 Å². The lowest BCUT2D eigenvalue weighted by Gasteiger charge is -2.34. The van der Waals surface area contributed by atoms with Crippen molar-refractivity contribution >= 4 is 29.7 Å². The summed E-state index contributed by atoms with van der Waals surface area (Å²) in [5, 5.41) is 5.89. The molecule has 0 aliphatic rings. The van der Waals surface area contributed by atoms with Crippen LogP contribution < -0.4 is 10.6 Å². The SMILES string of the molecule is C=Cc1cccc(C(C(=O)Nc2c(C)cccc2C)N(CCC)C(=O)C(Cc2ccccc2)NC(=O)OC(C)(C)C)c1. The smallest absolute Gasteiger partial charge is 0.408 e. The van der Waals surface area contributed by atoms with Crippen molar-refractivity contribution in [3.8, 4) is 0 Å². The zero-order valence-electron chi connectivity index (χ0n) is 25.6. The molecule has 0 aliphatic heterocycles. The monoisotopic (exact) mass is 569 g/mol. The summed E-state index contributed by atoms with van der Waals surface area (Å²) in [6.45, 7) is 15.3. The maximum atomic E-state index is 14.5. The number of anilines is 1. The second-order valence-electron chi connectivity index (χ2n) is 11.5. The molecule has 0 saturated heterocycles. The first-order chi connectivity index (χ1) is 19.9. The fraction of sp³-hybridized carbons (Fsp3) is 0.343. The number of nitrogens with zero attached hydrogens (tertiary/aromatic N) is 1. The van der Waals surface area contributed by atoms with Gasteiger partial charge in [-0.3, -0.25) is 9.59 Å². The summed E-state index contributed by atoms with van der Waals surface area (Å²) in [5.41, 5.74) is 4.15. The van der Waals surface area contributed by atoms with Crippen LogP contribution in [-0.4, -0.2) is 41.0 Å². The predicted octanol–water partition coefficient (Wildman–Crippen LogP) is 7.00. The van der Waals surface area contributed by atoms with Crippen molar-refractivity contribution in [3.05, 3.63) is 107 Å². The van der Waals surface area contributed by atoms with Crippen molar-refractivity contribution in [1.82, 2.24) is 10.2 Å². The summed E-state index contributed by atoms with van der Waals surface area (Å²) >= 11 is 0. The molecular weight excluding hydrogens is 526 g/mol. The number of hydrogen-bond donors (Lipinski definition) is 2. The van der Waals surface area contributed by atoms with Gasteiger partial charge in [0.1, 0.15) is 17.7 Å². The molecule has 3 amide bonds. The van der Waals surface area contributed by atoms with Crippen LogP contribution in [0.2, 0.25) is 0 Å². The lowest BCUT2D eigenvalue weighted by molar-refractivity contribution is -0.140. The van der Waals surface area contributed by atoms with Crippen LogP contribution >= 0.6 is 0 Å². The minimum absolute atomic E-state index is 0.233. The van der Waals surface area contributed by atoms with E-state index in [0.29, 0.717) is 24.2 Å². The van der Waals surface area contributed by atoms with Crippen molar-refractivity contribution in [3.63, 3.8) is 0 Å². The molecule has 2 unspecified atom stereocenters. The minimum atomic E-state index is -0.966. The van der Waals surface area contributed by atoms with Gasteiger partial charge in [0.15, 0.2) is 0 Å². The summed E-state index contributed by atoms with van der Waals surface area (Å²) in [5.74, 6) is -0.719. The van der Waals surface area contributed by atoms with Crippen molar-refractivity contribution in [1.29, 1.82) is 0 Å². The lowest BCUT2D eigenvalue weighted by atomic mass is 9.98. The highest BCUT2D eigenvalue weighted by Gasteiger charge is 2.36. The molecule has 0 radical (unpaired) electrons. The van der Waals surface area contributed by atoms with Crippen LogP contribution in [0, 0.1) is 13.8 Å². The number of ether oxygens (including phenoxy) is 1. The number of benzene rings is 3. The molecule has 0 heterocycles. The van der Waals surface area contributed by atoms with E-state index in [2.05, 4.69) is 17.2 Å². The minimum Gasteiger partial charge on any atom is -0.444 e. The van der Waals surface area contributed by atoms with Crippen LogP contribution in [0.15, 0.2) is 79.4 Å². The standard InChI is InChI=1S/C35H43N3O4/c1-8-21-38(33(40)29(23-27-17-11-10-12-18-27)36-34(41)42-35(5,6)7)31(28-20-14-19-26(9-2)22-28)32(39)37-30-24(3)15-13-16-25(30)4/h9-20,22,29,31H,2,8,21,23H2,1,3-7H3,(H,36,41)(H,37,39). The zero-order valence-corrected chi connectivity index (χ0v) is 25.6. The Hall–Kier alpha value is -4.39. The molecule has 3 rings (SSSR count). The number of nitrogens with one attached hydrogen (secondary N) is 2. The van der Waals surface area contributed by atoms with Crippen LogP contribution in [0.5, 0.6) is 0 Å². The van der Waals surface area contributed by atoms with Gasteiger partial charge in [0.2, 0.25) is 5.91 Å². The van der Waals surface area contributed by atoms with E-state index in [4.69, 9.17) is 4.74 Å². The average Bonchev–Trinajstić information content (AvgIpc) is 2.94. The largest absolute Gasteiger partial charge is 0.444 e. The van der Waals surface area contributed by atoms with Gasteiger partial charge in [-0.05, 0) is 74.9 Å². The van der Waals surface area contributed by atoms with Gasteiger partial charge in [0.25, 0.3) is 5.91 Å². The molecule has 42 heavy (non-hydrogen) atoms. The zero-order chi connectivity index (χ0) is 30.9. The second kappa shape index (κ2) is 14.5. The molecule has 7 heteroatoms. The maximum absolute atomic E-state index is 14.5. The second-order valence-corrected chi connectivity index (χ2v) is 11.5. The first-order valence-corrected chi connectivity index (χ1v) is 14.4. The Morgan fingerprint density at radius 1 is 0.952 bits per heavy atom. The van der Waals surface area contributed by atoms with Crippen LogP contribution in [-0.2, 0) is 20.7 Å². The Balaban J connectivity index is 2.09. The van der Waals surface area contributed by atoms with Gasteiger partial charge in [0, 0.05) is 18.7 Å². The molecule has 0 aliphatic carbocycles. The van der Waals surface area contributed by atoms with E-state index in [0.717, 1.165) is 22.3 Å². The highest BCUT2D eigenvalue weighted by atomic mass is 16.6. The van der Waals surface area contributed by atoms with E-state index in [1.807, 2.05) is 93.6 Å². The van der Waals surface area contributed by atoms with E-state index in [1.165, 1.54) is 0 Å². The average molecular weight is 570 g/mol. The Kier molecular flexibility index (Phi) is 11.1. The molecule has 3 aromatic rings. The summed E-state index contributed by atoms with van der Waals surface area (Å²) < 4.78 is 5.51. The third kappa shape index (κ3) is 8.80. The Bertz CT molecular complexity index is 1370. The summed E-state index contributed by atoms with van der Waals surface area (Å²) in [6, 6.07) is 20.8. The van der Waals surface area contributed by atoms with Gasteiger partial charge in [-0.2, -0.15) is 0 Å².